The number of rotatable bonds is 5. The van der Waals surface area contributed by atoms with Crippen LogP contribution in [0.15, 0.2) is 60.0 Å². The molecule has 6 heteroatoms. The minimum Gasteiger partial charge on any atom is -0.308 e. The molecule has 0 N–H and O–H groups in total. The Kier molecular flexibility index (Phi) is 4.52. The highest BCUT2D eigenvalue weighted by Crippen LogP contribution is 2.20. The van der Waals surface area contributed by atoms with Crippen molar-refractivity contribution >= 4 is 22.8 Å². The monoisotopic (exact) mass is 336 g/mol. The van der Waals surface area contributed by atoms with Gasteiger partial charge in [-0.25, -0.2) is 9.78 Å². The smallest absolute Gasteiger partial charge is 0.308 e. The van der Waals surface area contributed by atoms with Crippen molar-refractivity contribution in [2.24, 2.45) is 7.05 Å². The lowest BCUT2D eigenvalue weighted by atomic mass is 10.2. The van der Waals surface area contributed by atoms with E-state index < -0.39 is 0 Å². The van der Waals surface area contributed by atoms with E-state index in [1.165, 1.54) is 10.6 Å². The van der Waals surface area contributed by atoms with Gasteiger partial charge in [0.1, 0.15) is 0 Å². The molecule has 0 aliphatic rings. The molecule has 0 spiro atoms. The summed E-state index contributed by atoms with van der Waals surface area (Å²) >= 11 is 0. The van der Waals surface area contributed by atoms with Crippen LogP contribution in [-0.4, -0.2) is 26.6 Å². The van der Waals surface area contributed by atoms with Crippen LogP contribution in [0.5, 0.6) is 0 Å². The fourth-order valence-corrected chi connectivity index (χ4v) is 2.91. The van der Waals surface area contributed by atoms with Crippen LogP contribution in [0.4, 0.5) is 5.69 Å². The molecule has 0 aliphatic heterocycles. The largest absolute Gasteiger partial charge is 0.330 e. The molecule has 3 rings (SSSR count). The molecule has 0 saturated carbocycles. The van der Waals surface area contributed by atoms with E-state index in [2.05, 4.69) is 11.6 Å². The van der Waals surface area contributed by atoms with Crippen LogP contribution in [0.25, 0.3) is 11.2 Å². The zero-order valence-corrected chi connectivity index (χ0v) is 14.3. The van der Waals surface area contributed by atoms with Gasteiger partial charge in [-0.1, -0.05) is 36.9 Å². The highest BCUT2D eigenvalue weighted by Gasteiger charge is 2.17. The molecule has 2 aromatic heterocycles. The number of carbonyl (C=O) groups is 1. The molecule has 128 valence electrons. The lowest BCUT2D eigenvalue weighted by Gasteiger charge is -2.19. The number of likely N-dealkylation sites (N-methyl/N-ethyl adjacent to an activating group) is 1. The lowest BCUT2D eigenvalue weighted by molar-refractivity contribution is -0.114. The number of amides is 1. The minimum atomic E-state index is -0.198. The van der Waals surface area contributed by atoms with Crippen LogP contribution in [-0.2, 0) is 18.4 Å². The Morgan fingerprint density at radius 3 is 2.68 bits per heavy atom. The second-order valence-electron chi connectivity index (χ2n) is 5.74. The van der Waals surface area contributed by atoms with Gasteiger partial charge in [-0.15, -0.1) is 0 Å². The van der Waals surface area contributed by atoms with Gasteiger partial charge >= 0.3 is 5.69 Å². The number of aryl methyl sites for hydroxylation is 1. The van der Waals surface area contributed by atoms with E-state index in [9.17, 15) is 9.59 Å². The fraction of sp³-hybridized carbons (Fsp3) is 0.211. The van der Waals surface area contributed by atoms with Crippen LogP contribution in [0.3, 0.4) is 0 Å². The molecule has 0 atom stereocenters. The molecule has 0 aliphatic carbocycles. The number of pyridine rings is 1. The summed E-state index contributed by atoms with van der Waals surface area (Å²) in [6.45, 7) is 6.36. The zero-order valence-electron chi connectivity index (χ0n) is 14.3. The van der Waals surface area contributed by atoms with Gasteiger partial charge in [0.25, 0.3) is 0 Å². The maximum atomic E-state index is 12.6. The number of benzene rings is 1. The first-order chi connectivity index (χ1) is 12.1. The zero-order chi connectivity index (χ0) is 18.0. The maximum absolute atomic E-state index is 12.6. The molecule has 2 heterocycles. The molecule has 25 heavy (non-hydrogen) atoms. The van der Waals surface area contributed by atoms with E-state index in [4.69, 9.17) is 0 Å². The summed E-state index contributed by atoms with van der Waals surface area (Å²) < 4.78 is 3.20. The number of imidazole rings is 1. The predicted octanol–water partition coefficient (Wildman–Crippen LogP) is 2.32. The summed E-state index contributed by atoms with van der Waals surface area (Å²) in [5, 5.41) is 0. The van der Waals surface area contributed by atoms with Crippen molar-refractivity contribution in [2.75, 3.05) is 11.4 Å². The Bertz CT molecular complexity index is 986. The average Bonchev–Trinajstić information content (AvgIpc) is 2.87. The summed E-state index contributed by atoms with van der Waals surface area (Å²) in [5.41, 5.74) is 2.82. The first-order valence-electron chi connectivity index (χ1n) is 8.10. The van der Waals surface area contributed by atoms with Crippen molar-refractivity contribution in [1.82, 2.24) is 14.1 Å². The molecular weight excluding hydrogens is 316 g/mol. The number of carbonyl (C=O) groups excluding carboxylic acids is 1. The SMILES string of the molecule is C=CC(=O)N(CC)c1cnc2c(c1)n(Cc1ccccc1)c(=O)n2C. The van der Waals surface area contributed by atoms with Gasteiger partial charge in [-0.05, 0) is 24.6 Å². The molecule has 3 aromatic rings. The number of nitrogens with zero attached hydrogens (tertiary/aromatic N) is 4. The maximum Gasteiger partial charge on any atom is 0.330 e. The number of hydrogen-bond donors (Lipinski definition) is 0. The Balaban J connectivity index is 2.15. The first kappa shape index (κ1) is 16.7. The van der Waals surface area contributed by atoms with Gasteiger partial charge in [-0.3, -0.25) is 13.9 Å². The van der Waals surface area contributed by atoms with E-state index in [1.54, 1.807) is 22.7 Å². The lowest BCUT2D eigenvalue weighted by Crippen LogP contribution is -2.28. The topological polar surface area (TPSA) is 60.1 Å². The fourth-order valence-electron chi connectivity index (χ4n) is 2.91. The van der Waals surface area contributed by atoms with Gasteiger partial charge in [-0.2, -0.15) is 0 Å². The highest BCUT2D eigenvalue weighted by molar-refractivity contribution is 6.01. The molecular formula is C19H20N4O2. The standard InChI is InChI=1S/C19H20N4O2/c1-4-17(24)22(5-2)15-11-16-18(20-12-15)21(3)19(25)23(16)13-14-9-7-6-8-10-14/h4,6-12H,1,5,13H2,2-3H3. The van der Waals surface area contributed by atoms with Crippen LogP contribution >= 0.6 is 0 Å². The van der Waals surface area contributed by atoms with Crippen LogP contribution in [0.1, 0.15) is 12.5 Å². The van der Waals surface area contributed by atoms with Crippen molar-refractivity contribution in [1.29, 1.82) is 0 Å². The van der Waals surface area contributed by atoms with Crippen molar-refractivity contribution < 1.29 is 4.79 Å². The van der Waals surface area contributed by atoms with Gasteiger partial charge in [0.2, 0.25) is 5.91 Å². The second-order valence-corrected chi connectivity index (χ2v) is 5.74. The third-order valence-corrected chi connectivity index (χ3v) is 4.21. The average molecular weight is 336 g/mol. The van der Waals surface area contributed by atoms with E-state index in [-0.39, 0.29) is 11.6 Å². The van der Waals surface area contributed by atoms with Gasteiger partial charge < -0.3 is 4.90 Å². The third kappa shape index (κ3) is 2.98. The second kappa shape index (κ2) is 6.76. The number of aromatic nitrogens is 3. The Morgan fingerprint density at radius 2 is 2.04 bits per heavy atom. The molecule has 0 bridgehead atoms. The predicted molar refractivity (Wildman–Crippen MR) is 98.7 cm³/mol. The number of anilines is 1. The Morgan fingerprint density at radius 1 is 1.32 bits per heavy atom. The van der Waals surface area contributed by atoms with Crippen molar-refractivity contribution in [2.45, 2.75) is 13.5 Å². The van der Waals surface area contributed by atoms with Crippen molar-refractivity contribution in [3.05, 3.63) is 71.3 Å². The molecule has 1 amide bonds. The summed E-state index contributed by atoms with van der Waals surface area (Å²) in [6.07, 6.45) is 2.88. The van der Waals surface area contributed by atoms with Gasteiger partial charge in [0, 0.05) is 13.6 Å². The Hall–Kier alpha value is -3.15. The number of hydrogen-bond acceptors (Lipinski definition) is 3. The van der Waals surface area contributed by atoms with Crippen LogP contribution < -0.4 is 10.6 Å². The summed E-state index contributed by atoms with van der Waals surface area (Å²) in [5.74, 6) is -0.198. The molecule has 0 radical (unpaired) electrons. The number of fused-ring (bicyclic) bond motifs is 1. The first-order valence-corrected chi connectivity index (χ1v) is 8.10. The molecule has 0 unspecified atom stereocenters. The molecule has 0 fully saturated rings. The van der Waals surface area contributed by atoms with Gasteiger partial charge in [0.05, 0.1) is 23.9 Å². The summed E-state index contributed by atoms with van der Waals surface area (Å²) in [7, 11) is 1.70. The highest BCUT2D eigenvalue weighted by atomic mass is 16.2. The van der Waals surface area contributed by atoms with Crippen molar-refractivity contribution in [3.8, 4) is 0 Å². The Labute approximate surface area is 145 Å². The van der Waals surface area contributed by atoms with Gasteiger partial charge in [0.15, 0.2) is 5.65 Å². The normalized spacial score (nSPS) is 10.8. The molecule has 1 aromatic carbocycles. The molecule has 0 saturated heterocycles. The minimum absolute atomic E-state index is 0.137. The van der Waals surface area contributed by atoms with Crippen LogP contribution in [0, 0.1) is 0 Å². The third-order valence-electron chi connectivity index (χ3n) is 4.21. The quantitative estimate of drug-likeness (QED) is 0.672. The van der Waals surface area contributed by atoms with E-state index >= 15 is 0 Å². The van der Waals surface area contributed by atoms with E-state index in [0.29, 0.717) is 29.9 Å². The summed E-state index contributed by atoms with van der Waals surface area (Å²) in [6, 6.07) is 11.6. The van der Waals surface area contributed by atoms with E-state index in [0.717, 1.165) is 5.56 Å². The van der Waals surface area contributed by atoms with Crippen LogP contribution in [0.2, 0.25) is 0 Å². The summed E-state index contributed by atoms with van der Waals surface area (Å²) in [4.78, 5) is 30.6. The molecule has 6 nitrogen and oxygen atoms in total. The van der Waals surface area contributed by atoms with E-state index in [1.807, 2.05) is 43.3 Å². The van der Waals surface area contributed by atoms with Crippen molar-refractivity contribution in [3.63, 3.8) is 0 Å².